The third-order valence-corrected chi connectivity index (χ3v) is 2.83. The summed E-state index contributed by atoms with van der Waals surface area (Å²) < 4.78 is 7.17. The molecule has 84 valence electrons. The molecule has 1 aliphatic rings. The van der Waals surface area contributed by atoms with Crippen LogP contribution >= 0.6 is 0 Å². The van der Waals surface area contributed by atoms with Crippen molar-refractivity contribution in [2.24, 2.45) is 13.0 Å². The van der Waals surface area contributed by atoms with Crippen molar-refractivity contribution in [3.8, 4) is 0 Å². The van der Waals surface area contributed by atoms with E-state index in [2.05, 4.69) is 10.4 Å². The van der Waals surface area contributed by atoms with Crippen LogP contribution in [0.25, 0.3) is 0 Å². The molecule has 0 amide bonds. The summed E-state index contributed by atoms with van der Waals surface area (Å²) in [6.07, 6.45) is 4.42. The lowest BCUT2D eigenvalue weighted by Crippen LogP contribution is -2.18. The topological polar surface area (TPSA) is 39.1 Å². The third-order valence-electron chi connectivity index (χ3n) is 2.83. The largest absolute Gasteiger partial charge is 0.381 e. The highest BCUT2D eigenvalue weighted by molar-refractivity contribution is 4.97. The van der Waals surface area contributed by atoms with Gasteiger partial charge in [-0.2, -0.15) is 5.10 Å². The van der Waals surface area contributed by atoms with Gasteiger partial charge >= 0.3 is 0 Å². The first-order valence-electron chi connectivity index (χ1n) is 5.61. The van der Waals surface area contributed by atoms with E-state index in [1.807, 2.05) is 24.0 Å². The summed E-state index contributed by atoms with van der Waals surface area (Å²) in [7, 11) is 1.94. The van der Waals surface area contributed by atoms with Crippen molar-refractivity contribution in [1.82, 2.24) is 15.1 Å². The van der Waals surface area contributed by atoms with Gasteiger partial charge in [0.2, 0.25) is 0 Å². The van der Waals surface area contributed by atoms with Crippen LogP contribution in [0.5, 0.6) is 0 Å². The van der Waals surface area contributed by atoms with Crippen LogP contribution in [0.15, 0.2) is 12.3 Å². The smallest absolute Gasteiger partial charge is 0.0762 e. The first-order chi connectivity index (χ1) is 7.34. The molecule has 1 unspecified atom stereocenters. The predicted molar refractivity (Wildman–Crippen MR) is 58.5 cm³/mol. The van der Waals surface area contributed by atoms with Gasteiger partial charge in [0.15, 0.2) is 0 Å². The summed E-state index contributed by atoms with van der Waals surface area (Å²) in [6.45, 7) is 3.83. The predicted octanol–water partition coefficient (Wildman–Crippen LogP) is 0.936. The fourth-order valence-electron chi connectivity index (χ4n) is 1.89. The van der Waals surface area contributed by atoms with E-state index >= 15 is 0 Å². The summed E-state index contributed by atoms with van der Waals surface area (Å²) >= 11 is 0. The van der Waals surface area contributed by atoms with E-state index in [1.165, 1.54) is 12.8 Å². The number of aryl methyl sites for hydroxylation is 1. The third kappa shape index (κ3) is 3.32. The lowest BCUT2D eigenvalue weighted by Gasteiger charge is -2.07. The molecule has 1 fully saturated rings. The average molecular weight is 209 g/mol. The Kier molecular flexibility index (Phi) is 3.75. The van der Waals surface area contributed by atoms with Crippen LogP contribution < -0.4 is 5.32 Å². The van der Waals surface area contributed by atoms with Crippen molar-refractivity contribution in [3.05, 3.63) is 18.0 Å². The molecule has 15 heavy (non-hydrogen) atoms. The molecule has 4 nitrogen and oxygen atoms in total. The molecule has 1 aromatic rings. The minimum absolute atomic E-state index is 0.765. The van der Waals surface area contributed by atoms with Crippen molar-refractivity contribution < 1.29 is 4.74 Å². The molecule has 0 saturated carbocycles. The van der Waals surface area contributed by atoms with Crippen LogP contribution in [0.1, 0.15) is 18.5 Å². The molecule has 0 bridgehead atoms. The molecule has 0 aliphatic carbocycles. The highest BCUT2D eigenvalue weighted by Crippen LogP contribution is 2.15. The van der Waals surface area contributed by atoms with Crippen molar-refractivity contribution in [1.29, 1.82) is 0 Å². The minimum atomic E-state index is 0.765. The Hall–Kier alpha value is -0.870. The number of nitrogens with zero attached hydrogens (tertiary/aromatic N) is 2. The molecule has 4 heteroatoms. The molecule has 2 rings (SSSR count). The van der Waals surface area contributed by atoms with E-state index in [1.54, 1.807) is 0 Å². The van der Waals surface area contributed by atoms with Crippen molar-refractivity contribution >= 4 is 0 Å². The van der Waals surface area contributed by atoms with Gasteiger partial charge in [0.1, 0.15) is 0 Å². The molecule has 1 aromatic heterocycles. The van der Waals surface area contributed by atoms with Gasteiger partial charge in [0, 0.05) is 33.0 Å². The summed E-state index contributed by atoms with van der Waals surface area (Å²) in [5, 5.41) is 7.72. The van der Waals surface area contributed by atoms with Crippen LogP contribution in [-0.4, -0.2) is 29.5 Å². The Morgan fingerprint density at radius 2 is 2.60 bits per heavy atom. The normalized spacial score (nSPS) is 21.0. The molecule has 2 heterocycles. The second-order valence-electron chi connectivity index (χ2n) is 4.18. The molecule has 1 aliphatic heterocycles. The maximum absolute atomic E-state index is 5.33. The number of rotatable bonds is 5. The zero-order valence-electron chi connectivity index (χ0n) is 9.28. The highest BCUT2D eigenvalue weighted by Gasteiger charge is 2.14. The number of hydrogen-bond acceptors (Lipinski definition) is 3. The molecule has 1 saturated heterocycles. The number of aromatic nitrogens is 2. The number of hydrogen-bond donors (Lipinski definition) is 1. The van der Waals surface area contributed by atoms with E-state index in [4.69, 9.17) is 4.74 Å². The lowest BCUT2D eigenvalue weighted by molar-refractivity contribution is 0.184. The van der Waals surface area contributed by atoms with Gasteiger partial charge in [-0.05, 0) is 31.4 Å². The van der Waals surface area contributed by atoms with E-state index < -0.39 is 0 Å². The van der Waals surface area contributed by atoms with Crippen molar-refractivity contribution in [3.63, 3.8) is 0 Å². The highest BCUT2D eigenvalue weighted by atomic mass is 16.5. The second kappa shape index (κ2) is 5.28. The van der Waals surface area contributed by atoms with Gasteiger partial charge in [-0.1, -0.05) is 0 Å². The van der Waals surface area contributed by atoms with E-state index in [-0.39, 0.29) is 0 Å². The van der Waals surface area contributed by atoms with Crippen LogP contribution in [-0.2, 0) is 18.3 Å². The molecule has 1 atom stereocenters. The van der Waals surface area contributed by atoms with Crippen LogP contribution in [0.3, 0.4) is 0 Å². The molecule has 0 spiro atoms. The lowest BCUT2D eigenvalue weighted by atomic mass is 10.1. The van der Waals surface area contributed by atoms with Gasteiger partial charge in [-0.25, -0.2) is 0 Å². The minimum Gasteiger partial charge on any atom is -0.381 e. The molecular formula is C11H19N3O. The number of ether oxygens (including phenoxy) is 1. The summed E-state index contributed by atoms with van der Waals surface area (Å²) in [5.41, 5.74) is 1.11. The zero-order valence-corrected chi connectivity index (χ0v) is 9.28. The van der Waals surface area contributed by atoms with Gasteiger partial charge in [-0.15, -0.1) is 0 Å². The van der Waals surface area contributed by atoms with Crippen LogP contribution in [0, 0.1) is 5.92 Å². The zero-order chi connectivity index (χ0) is 10.5. The average Bonchev–Trinajstić information content (AvgIpc) is 2.84. The standard InChI is InChI=1S/C11H19N3O/c1-14-6-3-11(13-14)8-12-5-2-10-4-7-15-9-10/h3,6,10,12H,2,4-5,7-9H2,1H3. The number of nitrogens with one attached hydrogen (secondary N) is 1. The maximum atomic E-state index is 5.33. The van der Waals surface area contributed by atoms with Gasteiger partial charge in [0.05, 0.1) is 5.69 Å². The molecule has 0 radical (unpaired) electrons. The van der Waals surface area contributed by atoms with Gasteiger partial charge in [0.25, 0.3) is 0 Å². The first-order valence-corrected chi connectivity index (χ1v) is 5.61. The Balaban J connectivity index is 1.58. The maximum Gasteiger partial charge on any atom is 0.0762 e. The summed E-state index contributed by atoms with van der Waals surface area (Å²) in [6, 6.07) is 2.05. The Morgan fingerprint density at radius 1 is 1.67 bits per heavy atom. The quantitative estimate of drug-likeness (QED) is 0.733. The Morgan fingerprint density at radius 3 is 3.27 bits per heavy atom. The molecular weight excluding hydrogens is 190 g/mol. The Labute approximate surface area is 90.6 Å². The molecule has 0 aromatic carbocycles. The molecule has 1 N–H and O–H groups in total. The second-order valence-corrected chi connectivity index (χ2v) is 4.18. The van der Waals surface area contributed by atoms with E-state index in [0.29, 0.717) is 0 Å². The van der Waals surface area contributed by atoms with Gasteiger partial charge < -0.3 is 10.1 Å². The first kappa shape index (κ1) is 10.6. The van der Waals surface area contributed by atoms with Crippen LogP contribution in [0.4, 0.5) is 0 Å². The van der Waals surface area contributed by atoms with E-state index in [0.717, 1.165) is 37.9 Å². The monoisotopic (exact) mass is 209 g/mol. The van der Waals surface area contributed by atoms with E-state index in [9.17, 15) is 0 Å². The fraction of sp³-hybridized carbons (Fsp3) is 0.727. The van der Waals surface area contributed by atoms with Crippen molar-refractivity contribution in [2.45, 2.75) is 19.4 Å². The Bertz CT molecular complexity index is 292. The van der Waals surface area contributed by atoms with Crippen molar-refractivity contribution in [2.75, 3.05) is 19.8 Å². The van der Waals surface area contributed by atoms with Gasteiger partial charge in [-0.3, -0.25) is 4.68 Å². The van der Waals surface area contributed by atoms with Crippen LogP contribution in [0.2, 0.25) is 0 Å². The SMILES string of the molecule is Cn1ccc(CNCCC2CCOC2)n1. The fourth-order valence-corrected chi connectivity index (χ4v) is 1.89. The summed E-state index contributed by atoms with van der Waals surface area (Å²) in [5.74, 6) is 0.765. The summed E-state index contributed by atoms with van der Waals surface area (Å²) in [4.78, 5) is 0.